The van der Waals surface area contributed by atoms with Crippen molar-refractivity contribution < 1.29 is 29.2 Å². The van der Waals surface area contributed by atoms with Gasteiger partial charge in [0.2, 0.25) is 0 Å². The highest BCUT2D eigenvalue weighted by Gasteiger charge is 2.48. The molecule has 8 heteroatoms. The van der Waals surface area contributed by atoms with Gasteiger partial charge in [-0.3, -0.25) is 0 Å². The molecule has 28 heavy (non-hydrogen) atoms. The van der Waals surface area contributed by atoms with E-state index < -0.39 is 43.6 Å². The van der Waals surface area contributed by atoms with Crippen LogP contribution in [0.3, 0.4) is 0 Å². The highest BCUT2D eigenvalue weighted by molar-refractivity contribution is 6.31. The molecule has 0 amide bonds. The van der Waals surface area contributed by atoms with Crippen LogP contribution in [0.5, 0.6) is 0 Å². The van der Waals surface area contributed by atoms with Gasteiger partial charge in [-0.2, -0.15) is 0 Å². The average molecular weight is 427 g/mol. The number of rotatable bonds is 4. The van der Waals surface area contributed by atoms with Crippen molar-refractivity contribution in [2.45, 2.75) is 37.0 Å². The Labute approximate surface area is 172 Å². The van der Waals surface area contributed by atoms with Crippen LogP contribution >= 0.6 is 23.2 Å². The summed E-state index contributed by atoms with van der Waals surface area (Å²) >= 11 is 12.5. The van der Waals surface area contributed by atoms with Gasteiger partial charge in [0, 0.05) is 21.2 Å². The predicted molar refractivity (Wildman–Crippen MR) is 102 cm³/mol. The molecule has 6 nitrogen and oxygen atoms in total. The normalized spacial score (nSPS) is 31.2. The summed E-state index contributed by atoms with van der Waals surface area (Å²) < 4.78 is 24.0. The Hall–Kier alpha value is -1.22. The lowest BCUT2D eigenvalue weighted by atomic mass is 10.0. The van der Waals surface area contributed by atoms with Gasteiger partial charge < -0.3 is 29.2 Å². The van der Waals surface area contributed by atoms with Gasteiger partial charge in [0.05, 0.1) is 13.2 Å². The van der Waals surface area contributed by atoms with Crippen molar-refractivity contribution in [3.8, 4) is 0 Å². The average Bonchev–Trinajstić information content (AvgIpc) is 3.04. The van der Waals surface area contributed by atoms with Crippen LogP contribution in [0.15, 0.2) is 48.5 Å². The Balaban J connectivity index is 1.60. The standard InChI is InChI=1S/C20H20Cl2O6/c21-13-7-3-1-5-11(13)19-25-10-16-18(17(27-19)15(24)9-23)28-20(26-16)12-6-2-4-8-14(12)22/h1-8,15-20,23-24H,9-10H2/t15-,16+,17+,18+,19?,20?/m0/s1. The highest BCUT2D eigenvalue weighted by atomic mass is 35.5. The molecule has 2 fully saturated rings. The maximum absolute atomic E-state index is 10.4. The number of fused-ring (bicyclic) bond motifs is 1. The van der Waals surface area contributed by atoms with Gasteiger partial charge in [0.15, 0.2) is 12.6 Å². The van der Waals surface area contributed by atoms with Crippen molar-refractivity contribution in [1.82, 2.24) is 0 Å². The summed E-state index contributed by atoms with van der Waals surface area (Å²) in [5.41, 5.74) is 1.30. The van der Waals surface area contributed by atoms with Crippen molar-refractivity contribution in [2.24, 2.45) is 0 Å². The molecule has 2 aromatic rings. The van der Waals surface area contributed by atoms with Gasteiger partial charge in [-0.15, -0.1) is 0 Å². The van der Waals surface area contributed by atoms with E-state index in [1.165, 1.54) is 0 Å². The molecule has 2 heterocycles. The molecule has 2 aliphatic heterocycles. The molecular formula is C20H20Cl2O6. The first-order chi connectivity index (χ1) is 13.6. The van der Waals surface area contributed by atoms with Crippen LogP contribution in [-0.2, 0) is 18.9 Å². The number of aliphatic hydroxyl groups excluding tert-OH is 2. The molecule has 0 radical (unpaired) electrons. The first kappa shape index (κ1) is 20.1. The second kappa shape index (κ2) is 8.65. The second-order valence-electron chi connectivity index (χ2n) is 6.67. The number of aliphatic hydroxyl groups is 2. The summed E-state index contributed by atoms with van der Waals surface area (Å²) in [5.74, 6) is 0. The Bertz CT molecular complexity index is 819. The van der Waals surface area contributed by atoms with Crippen molar-refractivity contribution in [3.63, 3.8) is 0 Å². The Morgan fingerprint density at radius 3 is 2.11 bits per heavy atom. The van der Waals surface area contributed by atoms with Crippen LogP contribution in [0, 0.1) is 0 Å². The van der Waals surface area contributed by atoms with Gasteiger partial charge in [-0.1, -0.05) is 59.6 Å². The first-order valence-corrected chi connectivity index (χ1v) is 9.70. The van der Waals surface area contributed by atoms with Gasteiger partial charge in [0.25, 0.3) is 0 Å². The maximum atomic E-state index is 10.4. The van der Waals surface area contributed by atoms with Crippen LogP contribution < -0.4 is 0 Å². The molecule has 4 rings (SSSR count). The number of benzene rings is 2. The van der Waals surface area contributed by atoms with Crippen LogP contribution in [0.2, 0.25) is 10.0 Å². The Kier molecular flexibility index (Phi) is 6.20. The van der Waals surface area contributed by atoms with E-state index >= 15 is 0 Å². The van der Waals surface area contributed by atoms with E-state index in [1.54, 1.807) is 24.3 Å². The van der Waals surface area contributed by atoms with Crippen molar-refractivity contribution in [2.75, 3.05) is 13.2 Å². The lowest BCUT2D eigenvalue weighted by Crippen LogP contribution is -2.45. The molecule has 6 atom stereocenters. The molecule has 2 aromatic carbocycles. The predicted octanol–water partition coefficient (Wildman–Crippen LogP) is 3.24. The van der Waals surface area contributed by atoms with Crippen molar-refractivity contribution in [3.05, 3.63) is 69.7 Å². The quantitative estimate of drug-likeness (QED) is 0.781. The van der Waals surface area contributed by atoms with Crippen LogP contribution in [0.1, 0.15) is 23.7 Å². The topological polar surface area (TPSA) is 77.4 Å². The molecule has 2 saturated heterocycles. The fraction of sp³-hybridized carbons (Fsp3) is 0.400. The Morgan fingerprint density at radius 1 is 0.893 bits per heavy atom. The van der Waals surface area contributed by atoms with Gasteiger partial charge >= 0.3 is 0 Å². The molecule has 2 unspecified atom stereocenters. The summed E-state index contributed by atoms with van der Waals surface area (Å²) in [4.78, 5) is 0. The third kappa shape index (κ3) is 3.92. The summed E-state index contributed by atoms with van der Waals surface area (Å²) in [7, 11) is 0. The van der Waals surface area contributed by atoms with Gasteiger partial charge in [0.1, 0.15) is 24.4 Å². The molecule has 0 bridgehead atoms. The third-order valence-electron chi connectivity index (χ3n) is 4.85. The van der Waals surface area contributed by atoms with Crippen LogP contribution in [0.4, 0.5) is 0 Å². The van der Waals surface area contributed by atoms with Crippen LogP contribution in [0.25, 0.3) is 0 Å². The molecule has 150 valence electrons. The van der Waals surface area contributed by atoms with Crippen LogP contribution in [-0.4, -0.2) is 47.8 Å². The lowest BCUT2D eigenvalue weighted by molar-refractivity contribution is -0.216. The number of hydrogen-bond acceptors (Lipinski definition) is 6. The maximum Gasteiger partial charge on any atom is 0.186 e. The number of halogens is 2. The summed E-state index contributed by atoms with van der Waals surface area (Å²) in [6.45, 7) is -0.334. The van der Waals surface area contributed by atoms with Crippen molar-refractivity contribution >= 4 is 23.2 Å². The largest absolute Gasteiger partial charge is 0.394 e. The van der Waals surface area contributed by atoms with E-state index in [0.29, 0.717) is 21.2 Å². The minimum atomic E-state index is -1.19. The second-order valence-corrected chi connectivity index (χ2v) is 7.48. The molecular weight excluding hydrogens is 407 g/mol. The Morgan fingerprint density at radius 2 is 1.50 bits per heavy atom. The summed E-state index contributed by atoms with van der Waals surface area (Å²) in [5, 5.41) is 20.9. The summed E-state index contributed by atoms with van der Waals surface area (Å²) in [6.07, 6.45) is -4.78. The van der Waals surface area contributed by atoms with Gasteiger partial charge in [-0.05, 0) is 12.1 Å². The zero-order chi connectivity index (χ0) is 19.7. The molecule has 0 aromatic heterocycles. The highest BCUT2D eigenvalue weighted by Crippen LogP contribution is 2.41. The van der Waals surface area contributed by atoms with E-state index in [4.69, 9.17) is 42.1 Å². The minimum Gasteiger partial charge on any atom is -0.394 e. The fourth-order valence-electron chi connectivity index (χ4n) is 3.42. The monoisotopic (exact) mass is 426 g/mol. The zero-order valence-corrected chi connectivity index (χ0v) is 16.3. The number of ether oxygens (including phenoxy) is 4. The van der Waals surface area contributed by atoms with E-state index in [1.807, 2.05) is 24.3 Å². The summed E-state index contributed by atoms with van der Waals surface area (Å²) in [6, 6.07) is 14.3. The van der Waals surface area contributed by atoms with E-state index in [9.17, 15) is 10.2 Å². The fourth-order valence-corrected chi connectivity index (χ4v) is 3.87. The molecule has 2 N–H and O–H groups in total. The van der Waals surface area contributed by atoms with E-state index in [-0.39, 0.29) is 6.61 Å². The number of hydrogen-bond donors (Lipinski definition) is 2. The van der Waals surface area contributed by atoms with E-state index in [0.717, 1.165) is 0 Å². The molecule has 0 saturated carbocycles. The third-order valence-corrected chi connectivity index (χ3v) is 5.53. The molecule has 0 spiro atoms. The molecule has 2 aliphatic rings. The first-order valence-electron chi connectivity index (χ1n) is 8.94. The SMILES string of the molecule is OC[C@H](O)[C@H]1OC(c2ccccc2Cl)OC[C@H]2OC(c3ccccc3Cl)O[C@@H]12. The van der Waals surface area contributed by atoms with E-state index in [2.05, 4.69) is 0 Å². The van der Waals surface area contributed by atoms with Crippen molar-refractivity contribution in [1.29, 1.82) is 0 Å². The molecule has 0 aliphatic carbocycles. The lowest BCUT2D eigenvalue weighted by Gasteiger charge is -2.28. The minimum absolute atomic E-state index is 0.163. The smallest absolute Gasteiger partial charge is 0.186 e. The van der Waals surface area contributed by atoms with Gasteiger partial charge in [-0.25, -0.2) is 0 Å². The zero-order valence-electron chi connectivity index (χ0n) is 14.8.